The van der Waals surface area contributed by atoms with Crippen molar-refractivity contribution < 1.29 is 22.7 Å². The van der Waals surface area contributed by atoms with Gasteiger partial charge in [-0.05, 0) is 24.5 Å². The first kappa shape index (κ1) is 22.1. The third-order valence-corrected chi connectivity index (χ3v) is 5.78. The second-order valence-corrected chi connectivity index (χ2v) is 7.66. The van der Waals surface area contributed by atoms with E-state index in [0.717, 1.165) is 16.7 Å². The summed E-state index contributed by atoms with van der Waals surface area (Å²) in [5, 5.41) is 8.66. The van der Waals surface area contributed by atoms with Crippen LogP contribution in [0.5, 0.6) is 0 Å². The number of rotatable bonds is 3. The molecule has 0 saturated carbocycles. The number of aromatic nitrogens is 2. The molecule has 3 aromatic rings. The quantitative estimate of drug-likeness (QED) is 0.570. The molecule has 1 saturated heterocycles. The summed E-state index contributed by atoms with van der Waals surface area (Å²) in [4.78, 5) is 17.7. The van der Waals surface area contributed by atoms with Crippen molar-refractivity contribution in [1.29, 1.82) is 0 Å². The third kappa shape index (κ3) is 3.69. The molecule has 0 bridgehead atoms. The third-order valence-electron chi connectivity index (χ3n) is 5.42. The molecule has 0 atom stereocenters. The number of anilines is 2. The summed E-state index contributed by atoms with van der Waals surface area (Å²) in [6.45, 7) is -0.289. The molecule has 1 fully saturated rings. The van der Waals surface area contributed by atoms with Crippen LogP contribution in [0.4, 0.5) is 29.1 Å². The minimum absolute atomic E-state index is 0.0316. The minimum atomic E-state index is -1.06. The summed E-state index contributed by atoms with van der Waals surface area (Å²) < 4.78 is 57.9. The van der Waals surface area contributed by atoms with Crippen molar-refractivity contribution in [2.24, 2.45) is 0 Å². The van der Waals surface area contributed by atoms with E-state index in [-0.39, 0.29) is 47.5 Å². The number of piperidine rings is 1. The molecule has 0 spiro atoms. The van der Waals surface area contributed by atoms with E-state index in [4.69, 9.17) is 22.4 Å². The van der Waals surface area contributed by atoms with E-state index in [1.807, 2.05) is 0 Å². The maximum absolute atomic E-state index is 15.0. The van der Waals surface area contributed by atoms with Gasteiger partial charge in [-0.3, -0.25) is 9.36 Å². The molecule has 0 aliphatic carbocycles. The number of fused-ring (bicyclic) bond motifs is 1. The lowest BCUT2D eigenvalue weighted by atomic mass is 10.0. The lowest BCUT2D eigenvalue weighted by Crippen LogP contribution is -2.32. The number of benzene rings is 1. The number of nitrogens with two attached hydrogens (primary N) is 1. The fourth-order valence-electron chi connectivity index (χ4n) is 3.82. The predicted octanol–water partition coefficient (Wildman–Crippen LogP) is 3.85. The second kappa shape index (κ2) is 8.44. The predicted molar refractivity (Wildman–Crippen MR) is 113 cm³/mol. The highest BCUT2D eigenvalue weighted by Crippen LogP contribution is 2.38. The Morgan fingerprint density at radius 2 is 1.84 bits per heavy atom. The molecular formula is C21H17ClF4N4O2. The standard InChI is InChI=1S/C21H17ClF4N4O2/c22-17-18-11(7-12(23)19(17)29-4-1-10(2-5-29)15(26)9-31)16(32)3-6-30(18)21-14(25)8-13(24)20(27)28-21/h3,6-8,31H,1-2,4-5,9H2,(H2,27,28). The van der Waals surface area contributed by atoms with Gasteiger partial charge in [0.25, 0.3) is 0 Å². The van der Waals surface area contributed by atoms with Crippen LogP contribution in [-0.2, 0) is 0 Å². The van der Waals surface area contributed by atoms with Crippen LogP contribution in [0, 0.1) is 17.5 Å². The molecule has 0 radical (unpaired) electrons. The Morgan fingerprint density at radius 1 is 1.16 bits per heavy atom. The SMILES string of the molecule is Nc1nc(-n2ccc(=O)c3cc(F)c(N4CCC(=C(F)CO)CC4)c(Cl)c32)c(F)cc1F. The molecule has 6 nitrogen and oxygen atoms in total. The van der Waals surface area contributed by atoms with Crippen LogP contribution in [0.1, 0.15) is 12.8 Å². The second-order valence-electron chi connectivity index (χ2n) is 7.28. The Balaban J connectivity index is 1.91. The van der Waals surface area contributed by atoms with Gasteiger partial charge in [0, 0.05) is 31.4 Å². The van der Waals surface area contributed by atoms with Crippen molar-refractivity contribution in [3.8, 4) is 5.82 Å². The van der Waals surface area contributed by atoms with Crippen LogP contribution in [0.15, 0.2) is 40.6 Å². The molecule has 4 rings (SSSR count). The zero-order chi connectivity index (χ0) is 23.2. The molecule has 3 heterocycles. The van der Waals surface area contributed by atoms with E-state index in [2.05, 4.69) is 4.98 Å². The van der Waals surface area contributed by atoms with E-state index in [9.17, 15) is 18.0 Å². The molecule has 2 aromatic heterocycles. The van der Waals surface area contributed by atoms with E-state index in [1.54, 1.807) is 4.90 Å². The fourth-order valence-corrected chi connectivity index (χ4v) is 4.22. The number of hydrogen-bond acceptors (Lipinski definition) is 5. The van der Waals surface area contributed by atoms with Gasteiger partial charge in [-0.2, -0.15) is 0 Å². The zero-order valence-electron chi connectivity index (χ0n) is 16.5. The van der Waals surface area contributed by atoms with Crippen LogP contribution in [-0.4, -0.2) is 34.4 Å². The summed E-state index contributed by atoms with van der Waals surface area (Å²) in [6, 6.07) is 2.61. The highest BCUT2D eigenvalue weighted by atomic mass is 35.5. The maximum atomic E-state index is 15.0. The Kier molecular flexibility index (Phi) is 5.83. The maximum Gasteiger partial charge on any atom is 0.189 e. The first-order valence-corrected chi connectivity index (χ1v) is 9.98. The minimum Gasteiger partial charge on any atom is -0.389 e. The fraction of sp³-hybridized carbons (Fsp3) is 0.238. The first-order valence-electron chi connectivity index (χ1n) is 9.60. The van der Waals surface area contributed by atoms with Gasteiger partial charge in [-0.1, -0.05) is 11.6 Å². The van der Waals surface area contributed by atoms with Crippen LogP contribution >= 0.6 is 11.6 Å². The largest absolute Gasteiger partial charge is 0.389 e. The van der Waals surface area contributed by atoms with Gasteiger partial charge < -0.3 is 15.7 Å². The molecule has 3 N–H and O–H groups in total. The smallest absolute Gasteiger partial charge is 0.189 e. The number of aliphatic hydroxyl groups is 1. The summed E-state index contributed by atoms with van der Waals surface area (Å²) >= 11 is 6.53. The van der Waals surface area contributed by atoms with Gasteiger partial charge in [0.05, 0.1) is 28.2 Å². The van der Waals surface area contributed by atoms with Crippen LogP contribution < -0.4 is 16.1 Å². The number of aliphatic hydroxyl groups excluding tert-OH is 1. The number of pyridine rings is 2. The van der Waals surface area contributed by atoms with E-state index < -0.39 is 46.9 Å². The van der Waals surface area contributed by atoms with Crippen molar-refractivity contribution >= 4 is 34.0 Å². The molecule has 1 aromatic carbocycles. The van der Waals surface area contributed by atoms with Crippen molar-refractivity contribution in [2.45, 2.75) is 12.8 Å². The van der Waals surface area contributed by atoms with Gasteiger partial charge in [0.15, 0.2) is 28.7 Å². The Bertz CT molecular complexity index is 1320. The van der Waals surface area contributed by atoms with E-state index in [1.165, 1.54) is 6.20 Å². The van der Waals surface area contributed by atoms with E-state index in [0.29, 0.717) is 11.6 Å². The molecule has 1 aliphatic heterocycles. The number of nitrogens with zero attached hydrogens (tertiary/aromatic N) is 3. The van der Waals surface area contributed by atoms with Crippen molar-refractivity contribution in [1.82, 2.24) is 9.55 Å². The first-order chi connectivity index (χ1) is 15.2. The number of nitrogen functional groups attached to an aromatic ring is 1. The van der Waals surface area contributed by atoms with Crippen molar-refractivity contribution in [3.05, 3.63) is 68.5 Å². The molecule has 0 unspecified atom stereocenters. The van der Waals surface area contributed by atoms with Crippen molar-refractivity contribution in [3.63, 3.8) is 0 Å². The highest BCUT2D eigenvalue weighted by molar-refractivity contribution is 6.38. The van der Waals surface area contributed by atoms with Gasteiger partial charge in [0.2, 0.25) is 0 Å². The average molecular weight is 469 g/mol. The average Bonchev–Trinajstić information content (AvgIpc) is 2.77. The van der Waals surface area contributed by atoms with Gasteiger partial charge in [-0.25, -0.2) is 22.5 Å². The zero-order valence-corrected chi connectivity index (χ0v) is 17.3. The molecule has 32 heavy (non-hydrogen) atoms. The summed E-state index contributed by atoms with van der Waals surface area (Å²) in [7, 11) is 0. The Hall–Kier alpha value is -3.11. The van der Waals surface area contributed by atoms with Crippen LogP contribution in [0.3, 0.4) is 0 Å². The molecular weight excluding hydrogens is 452 g/mol. The molecule has 1 aliphatic rings. The normalized spacial score (nSPS) is 14.3. The van der Waals surface area contributed by atoms with Gasteiger partial charge in [-0.15, -0.1) is 0 Å². The highest BCUT2D eigenvalue weighted by Gasteiger charge is 2.26. The Labute approximate surface area is 184 Å². The summed E-state index contributed by atoms with van der Waals surface area (Å²) in [5.41, 5.74) is 5.28. The molecule has 168 valence electrons. The van der Waals surface area contributed by atoms with E-state index >= 15 is 4.39 Å². The molecule has 0 amide bonds. The lowest BCUT2D eigenvalue weighted by molar-refractivity contribution is 0.293. The monoisotopic (exact) mass is 468 g/mol. The number of hydrogen-bond donors (Lipinski definition) is 2. The number of halogens is 5. The molecule has 11 heteroatoms. The Morgan fingerprint density at radius 3 is 2.50 bits per heavy atom. The van der Waals surface area contributed by atoms with Crippen LogP contribution in [0.2, 0.25) is 5.02 Å². The topological polar surface area (TPSA) is 84.4 Å². The van der Waals surface area contributed by atoms with Gasteiger partial charge in [0.1, 0.15) is 11.6 Å². The van der Waals surface area contributed by atoms with Gasteiger partial charge >= 0.3 is 0 Å². The summed E-state index contributed by atoms with van der Waals surface area (Å²) in [5.74, 6) is -4.48. The van der Waals surface area contributed by atoms with Crippen LogP contribution in [0.25, 0.3) is 16.7 Å². The summed E-state index contributed by atoms with van der Waals surface area (Å²) in [6.07, 6.45) is 1.67. The lowest BCUT2D eigenvalue weighted by Gasteiger charge is -2.32. The van der Waals surface area contributed by atoms with Crippen molar-refractivity contribution in [2.75, 3.05) is 30.3 Å².